The molecule has 0 saturated heterocycles. The van der Waals surface area contributed by atoms with Crippen molar-refractivity contribution in [1.29, 1.82) is 0 Å². The third-order valence-electron chi connectivity index (χ3n) is 3.10. The molecule has 0 radical (unpaired) electrons. The molecule has 0 aliphatic heterocycles. The summed E-state index contributed by atoms with van der Waals surface area (Å²) >= 11 is 0. The highest BCUT2D eigenvalue weighted by Gasteiger charge is 2.07. The first kappa shape index (κ1) is 15.9. The molecule has 1 rings (SSSR count). The molecule has 0 heterocycles. The minimum atomic E-state index is -0.159. The number of hydrogen-bond donors (Lipinski definition) is 1. The van der Waals surface area contributed by atoms with Gasteiger partial charge in [0, 0.05) is 25.3 Å². The van der Waals surface area contributed by atoms with Crippen molar-refractivity contribution in [1.82, 2.24) is 10.2 Å². The smallest absolute Gasteiger partial charge is 0.125 e. The van der Waals surface area contributed by atoms with Gasteiger partial charge in [-0.15, -0.1) is 0 Å². The molecule has 0 fully saturated rings. The number of nitrogens with one attached hydrogen (secondary N) is 1. The SMILES string of the molecule is CCN(CCCN(C)C)c1cc(F)cc(CNC)c1. The quantitative estimate of drug-likeness (QED) is 0.780. The van der Waals surface area contributed by atoms with E-state index in [0.717, 1.165) is 37.3 Å². The largest absolute Gasteiger partial charge is 0.372 e. The minimum Gasteiger partial charge on any atom is -0.372 e. The molecule has 1 N–H and O–H groups in total. The molecule has 0 amide bonds. The predicted molar refractivity (Wildman–Crippen MR) is 80.2 cm³/mol. The van der Waals surface area contributed by atoms with Crippen LogP contribution < -0.4 is 10.2 Å². The van der Waals surface area contributed by atoms with Crippen LogP contribution in [0.2, 0.25) is 0 Å². The van der Waals surface area contributed by atoms with Gasteiger partial charge in [-0.2, -0.15) is 0 Å². The summed E-state index contributed by atoms with van der Waals surface area (Å²) in [4.78, 5) is 4.40. The van der Waals surface area contributed by atoms with Crippen LogP contribution >= 0.6 is 0 Å². The molecule has 3 nitrogen and oxygen atoms in total. The maximum atomic E-state index is 13.6. The van der Waals surface area contributed by atoms with Gasteiger partial charge < -0.3 is 15.1 Å². The second-order valence-electron chi connectivity index (χ2n) is 5.08. The molecule has 0 saturated carbocycles. The van der Waals surface area contributed by atoms with Crippen LogP contribution in [0.5, 0.6) is 0 Å². The maximum Gasteiger partial charge on any atom is 0.125 e. The summed E-state index contributed by atoms with van der Waals surface area (Å²) in [6, 6.07) is 5.28. The van der Waals surface area contributed by atoms with Crippen LogP contribution in [0, 0.1) is 5.82 Å². The number of halogens is 1. The fourth-order valence-electron chi connectivity index (χ4n) is 2.17. The Bertz CT molecular complexity index is 380. The topological polar surface area (TPSA) is 18.5 Å². The molecule has 0 atom stereocenters. The van der Waals surface area contributed by atoms with Crippen molar-refractivity contribution < 1.29 is 4.39 Å². The van der Waals surface area contributed by atoms with Gasteiger partial charge in [0.1, 0.15) is 5.82 Å². The van der Waals surface area contributed by atoms with E-state index >= 15 is 0 Å². The third-order valence-corrected chi connectivity index (χ3v) is 3.10. The zero-order valence-electron chi connectivity index (χ0n) is 12.5. The highest BCUT2D eigenvalue weighted by molar-refractivity contribution is 5.49. The van der Waals surface area contributed by atoms with Crippen LogP contribution in [0.4, 0.5) is 10.1 Å². The zero-order valence-corrected chi connectivity index (χ0v) is 12.5. The van der Waals surface area contributed by atoms with Crippen LogP contribution in [0.1, 0.15) is 18.9 Å². The molecule has 1 aromatic rings. The van der Waals surface area contributed by atoms with E-state index in [2.05, 4.69) is 42.2 Å². The molecular weight excluding hydrogens is 241 g/mol. The first-order valence-electron chi connectivity index (χ1n) is 6.90. The second-order valence-corrected chi connectivity index (χ2v) is 5.08. The molecular formula is C15H26FN3. The Hall–Kier alpha value is -1.13. The van der Waals surface area contributed by atoms with Crippen LogP contribution in [-0.4, -0.2) is 45.7 Å². The molecule has 0 bridgehead atoms. The first-order chi connectivity index (χ1) is 9.06. The molecule has 0 spiro atoms. The Labute approximate surface area is 116 Å². The Morgan fingerprint density at radius 2 is 1.89 bits per heavy atom. The summed E-state index contributed by atoms with van der Waals surface area (Å²) in [7, 11) is 6.02. The van der Waals surface area contributed by atoms with Gasteiger partial charge in [0.15, 0.2) is 0 Å². The van der Waals surface area contributed by atoms with Crippen molar-refractivity contribution in [3.63, 3.8) is 0 Å². The molecule has 0 aromatic heterocycles. The Morgan fingerprint density at radius 1 is 1.16 bits per heavy atom. The normalized spacial score (nSPS) is 11.1. The van der Waals surface area contributed by atoms with Gasteiger partial charge in [0.25, 0.3) is 0 Å². The van der Waals surface area contributed by atoms with Gasteiger partial charge in [0.2, 0.25) is 0 Å². The van der Waals surface area contributed by atoms with Crippen LogP contribution in [0.3, 0.4) is 0 Å². The molecule has 0 unspecified atom stereocenters. The van der Waals surface area contributed by atoms with Crippen LogP contribution in [0.15, 0.2) is 18.2 Å². The fourth-order valence-corrected chi connectivity index (χ4v) is 2.17. The molecule has 0 aliphatic rings. The van der Waals surface area contributed by atoms with Crippen molar-refractivity contribution in [2.45, 2.75) is 19.9 Å². The van der Waals surface area contributed by atoms with E-state index in [-0.39, 0.29) is 5.82 Å². The summed E-state index contributed by atoms with van der Waals surface area (Å²) < 4.78 is 13.6. The average molecular weight is 267 g/mol. The van der Waals surface area contributed by atoms with E-state index in [1.54, 1.807) is 12.1 Å². The summed E-state index contributed by atoms with van der Waals surface area (Å²) in [6.45, 7) is 5.71. The highest BCUT2D eigenvalue weighted by Crippen LogP contribution is 2.19. The lowest BCUT2D eigenvalue weighted by atomic mass is 10.1. The third kappa shape index (κ3) is 5.57. The summed E-state index contributed by atoms with van der Waals surface area (Å²) in [6.07, 6.45) is 1.08. The molecule has 0 aliphatic carbocycles. The van der Waals surface area contributed by atoms with Crippen LogP contribution in [-0.2, 0) is 6.54 Å². The lowest BCUT2D eigenvalue weighted by molar-refractivity contribution is 0.400. The van der Waals surface area contributed by atoms with Gasteiger partial charge in [-0.05, 0) is 64.8 Å². The van der Waals surface area contributed by atoms with Gasteiger partial charge >= 0.3 is 0 Å². The number of benzene rings is 1. The standard InChI is InChI=1S/C15H26FN3/c1-5-19(8-6-7-18(3)4)15-10-13(12-17-2)9-14(16)11-15/h9-11,17H,5-8,12H2,1-4H3. The van der Waals surface area contributed by atoms with Crippen molar-refractivity contribution >= 4 is 5.69 Å². The maximum absolute atomic E-state index is 13.6. The lowest BCUT2D eigenvalue weighted by Crippen LogP contribution is -2.27. The molecule has 4 heteroatoms. The minimum absolute atomic E-state index is 0.159. The van der Waals surface area contributed by atoms with Crippen molar-refractivity contribution in [3.8, 4) is 0 Å². The highest BCUT2D eigenvalue weighted by atomic mass is 19.1. The van der Waals surface area contributed by atoms with E-state index in [1.165, 1.54) is 0 Å². The van der Waals surface area contributed by atoms with E-state index in [0.29, 0.717) is 6.54 Å². The van der Waals surface area contributed by atoms with Crippen molar-refractivity contribution in [2.75, 3.05) is 45.7 Å². The number of nitrogens with zero attached hydrogens (tertiary/aromatic N) is 2. The number of hydrogen-bond acceptors (Lipinski definition) is 3. The molecule has 1 aromatic carbocycles. The van der Waals surface area contributed by atoms with E-state index < -0.39 is 0 Å². The zero-order chi connectivity index (χ0) is 14.3. The Balaban J connectivity index is 2.73. The average Bonchev–Trinajstić information content (AvgIpc) is 2.34. The summed E-state index contributed by atoms with van der Waals surface area (Å²) in [5.41, 5.74) is 1.97. The monoisotopic (exact) mass is 267 g/mol. The van der Waals surface area contributed by atoms with Gasteiger partial charge in [-0.3, -0.25) is 0 Å². The Kier molecular flexibility index (Phi) is 6.81. The van der Waals surface area contributed by atoms with Gasteiger partial charge in [0.05, 0.1) is 0 Å². The fraction of sp³-hybridized carbons (Fsp3) is 0.600. The molecule has 108 valence electrons. The molecule has 19 heavy (non-hydrogen) atoms. The second kappa shape index (κ2) is 8.12. The summed E-state index contributed by atoms with van der Waals surface area (Å²) in [5, 5.41) is 3.06. The van der Waals surface area contributed by atoms with Gasteiger partial charge in [-0.25, -0.2) is 4.39 Å². The van der Waals surface area contributed by atoms with Gasteiger partial charge in [-0.1, -0.05) is 0 Å². The first-order valence-corrected chi connectivity index (χ1v) is 6.90. The summed E-state index contributed by atoms with van der Waals surface area (Å²) in [5.74, 6) is -0.159. The van der Waals surface area contributed by atoms with Crippen molar-refractivity contribution in [3.05, 3.63) is 29.6 Å². The Morgan fingerprint density at radius 3 is 2.47 bits per heavy atom. The van der Waals surface area contributed by atoms with E-state index in [9.17, 15) is 4.39 Å². The predicted octanol–water partition coefficient (Wildman–Crippen LogP) is 2.32. The van der Waals surface area contributed by atoms with E-state index in [4.69, 9.17) is 0 Å². The lowest BCUT2D eigenvalue weighted by Gasteiger charge is -2.24. The number of anilines is 1. The van der Waals surface area contributed by atoms with Crippen molar-refractivity contribution in [2.24, 2.45) is 0 Å². The van der Waals surface area contributed by atoms with Crippen LogP contribution in [0.25, 0.3) is 0 Å². The van der Waals surface area contributed by atoms with E-state index in [1.807, 2.05) is 7.05 Å². The number of rotatable bonds is 8.